The van der Waals surface area contributed by atoms with E-state index in [1.807, 2.05) is 12.1 Å². The maximum absolute atomic E-state index is 11.4. The Morgan fingerprint density at radius 2 is 1.67 bits per heavy atom. The van der Waals surface area contributed by atoms with Crippen molar-refractivity contribution in [2.24, 2.45) is 0 Å². The van der Waals surface area contributed by atoms with Crippen LogP contribution in [0.25, 0.3) is 0 Å². The first-order valence-corrected chi connectivity index (χ1v) is 9.53. The smallest absolute Gasteiger partial charge is 0.179 e. The molecule has 0 unspecified atom stereocenters. The van der Waals surface area contributed by atoms with Gasteiger partial charge in [-0.25, -0.2) is 8.42 Å². The van der Waals surface area contributed by atoms with Crippen molar-refractivity contribution in [3.8, 4) is 11.5 Å². The van der Waals surface area contributed by atoms with Gasteiger partial charge in [0.25, 0.3) is 0 Å². The summed E-state index contributed by atoms with van der Waals surface area (Å²) in [5.41, 5.74) is 1.88. The van der Waals surface area contributed by atoms with E-state index < -0.39 is 9.84 Å². The molecular formula is C17H20ClNO4S. The maximum atomic E-state index is 11.4. The van der Waals surface area contributed by atoms with Crippen molar-refractivity contribution in [2.45, 2.75) is 18.0 Å². The van der Waals surface area contributed by atoms with Crippen molar-refractivity contribution >= 4 is 21.4 Å². The number of rotatable bonds is 7. The topological polar surface area (TPSA) is 64.6 Å². The molecule has 0 fully saturated rings. The Labute approximate surface area is 147 Å². The highest BCUT2D eigenvalue weighted by molar-refractivity contribution is 7.90. The molecule has 0 aliphatic rings. The molecule has 0 aromatic heterocycles. The highest BCUT2D eigenvalue weighted by atomic mass is 35.5. The van der Waals surface area contributed by atoms with Gasteiger partial charge in [0.1, 0.15) is 0 Å². The number of nitrogens with one attached hydrogen (secondary N) is 1. The minimum atomic E-state index is -3.17. The third-order valence-electron chi connectivity index (χ3n) is 3.56. The molecule has 5 nitrogen and oxygen atoms in total. The molecule has 0 aliphatic heterocycles. The lowest BCUT2D eigenvalue weighted by Crippen LogP contribution is -2.13. The number of halogens is 1. The van der Waals surface area contributed by atoms with Crippen LogP contribution in [0.5, 0.6) is 11.5 Å². The Morgan fingerprint density at radius 3 is 2.21 bits per heavy atom. The molecule has 0 bridgehead atoms. The van der Waals surface area contributed by atoms with Crippen molar-refractivity contribution in [3.05, 3.63) is 52.5 Å². The standard InChI is InChI=1S/C17H20ClNO4S/c1-22-15-9-6-13(16(18)17(15)23-2)11-19-10-12-4-7-14(8-5-12)24(3,20)21/h4-9,19H,10-11H2,1-3H3. The number of hydrogen-bond acceptors (Lipinski definition) is 5. The van der Waals surface area contributed by atoms with Gasteiger partial charge in [-0.05, 0) is 29.3 Å². The molecule has 7 heteroatoms. The van der Waals surface area contributed by atoms with Gasteiger partial charge in [0.15, 0.2) is 21.3 Å². The predicted octanol–water partition coefficient (Wildman–Crippen LogP) is 3.05. The first-order chi connectivity index (χ1) is 11.4. The van der Waals surface area contributed by atoms with Gasteiger partial charge in [0.05, 0.1) is 24.1 Å². The molecule has 1 N–H and O–H groups in total. The zero-order valence-electron chi connectivity index (χ0n) is 13.8. The van der Waals surface area contributed by atoms with Crippen LogP contribution in [0.1, 0.15) is 11.1 Å². The number of benzene rings is 2. The number of methoxy groups -OCH3 is 2. The van der Waals surface area contributed by atoms with E-state index in [0.717, 1.165) is 11.1 Å². The molecule has 2 rings (SSSR count). The third kappa shape index (κ3) is 4.41. The highest BCUT2D eigenvalue weighted by Gasteiger charge is 2.12. The summed E-state index contributed by atoms with van der Waals surface area (Å²) in [6.45, 7) is 1.14. The van der Waals surface area contributed by atoms with Crippen LogP contribution in [0, 0.1) is 0 Å². The van der Waals surface area contributed by atoms with Crippen LogP contribution in [0.3, 0.4) is 0 Å². The largest absolute Gasteiger partial charge is 0.493 e. The van der Waals surface area contributed by atoms with Crippen LogP contribution in [0.2, 0.25) is 5.02 Å². The summed E-state index contributed by atoms with van der Waals surface area (Å²) in [7, 11) is -0.0590. The van der Waals surface area contributed by atoms with Gasteiger partial charge in [-0.3, -0.25) is 0 Å². The lowest BCUT2D eigenvalue weighted by Gasteiger charge is -2.13. The molecule has 130 valence electrons. The zero-order valence-corrected chi connectivity index (χ0v) is 15.4. The molecule has 0 atom stereocenters. The average molecular weight is 370 g/mol. The van der Waals surface area contributed by atoms with Gasteiger partial charge in [-0.2, -0.15) is 0 Å². The zero-order chi connectivity index (χ0) is 17.7. The van der Waals surface area contributed by atoms with E-state index in [0.29, 0.717) is 34.5 Å². The molecule has 24 heavy (non-hydrogen) atoms. The molecular weight excluding hydrogens is 350 g/mol. The lowest BCUT2D eigenvalue weighted by molar-refractivity contribution is 0.354. The Bertz CT molecular complexity index is 804. The van der Waals surface area contributed by atoms with E-state index in [1.54, 1.807) is 38.5 Å². The highest BCUT2D eigenvalue weighted by Crippen LogP contribution is 2.37. The van der Waals surface area contributed by atoms with Crippen molar-refractivity contribution in [2.75, 3.05) is 20.5 Å². The Hall–Kier alpha value is -1.76. The van der Waals surface area contributed by atoms with Crippen LogP contribution in [0.4, 0.5) is 0 Å². The minimum absolute atomic E-state index is 0.314. The first kappa shape index (κ1) is 18.6. The first-order valence-electron chi connectivity index (χ1n) is 7.26. The summed E-state index contributed by atoms with van der Waals surface area (Å²) in [5, 5.41) is 3.79. The normalized spacial score (nSPS) is 11.3. The third-order valence-corrected chi connectivity index (χ3v) is 5.10. The van der Waals surface area contributed by atoms with Gasteiger partial charge >= 0.3 is 0 Å². The lowest BCUT2D eigenvalue weighted by atomic mass is 10.2. The van der Waals surface area contributed by atoms with Crippen molar-refractivity contribution in [1.29, 1.82) is 0 Å². The van der Waals surface area contributed by atoms with Gasteiger partial charge in [0, 0.05) is 19.3 Å². The van der Waals surface area contributed by atoms with Gasteiger partial charge in [0.2, 0.25) is 0 Å². The number of hydrogen-bond donors (Lipinski definition) is 1. The quantitative estimate of drug-likeness (QED) is 0.812. The second kappa shape index (κ2) is 7.88. The Balaban J connectivity index is 2.02. The molecule has 2 aromatic carbocycles. The fourth-order valence-electron chi connectivity index (χ4n) is 2.26. The van der Waals surface area contributed by atoms with E-state index in [9.17, 15) is 8.42 Å². The maximum Gasteiger partial charge on any atom is 0.179 e. The Kier molecular flexibility index (Phi) is 6.10. The van der Waals surface area contributed by atoms with Crippen LogP contribution in [0.15, 0.2) is 41.3 Å². The van der Waals surface area contributed by atoms with Crippen LogP contribution in [-0.2, 0) is 22.9 Å². The summed E-state index contributed by atoms with van der Waals surface area (Å²) in [6, 6.07) is 10.5. The van der Waals surface area contributed by atoms with Crippen LogP contribution >= 0.6 is 11.6 Å². The minimum Gasteiger partial charge on any atom is -0.493 e. The van der Waals surface area contributed by atoms with Crippen molar-refractivity contribution in [3.63, 3.8) is 0 Å². The van der Waals surface area contributed by atoms with Gasteiger partial charge < -0.3 is 14.8 Å². The second-order valence-electron chi connectivity index (χ2n) is 5.29. The average Bonchev–Trinajstić information content (AvgIpc) is 2.55. The predicted molar refractivity (Wildman–Crippen MR) is 94.7 cm³/mol. The Morgan fingerprint density at radius 1 is 1.00 bits per heavy atom. The molecule has 2 aromatic rings. The molecule has 0 aliphatic carbocycles. The van der Waals surface area contributed by atoms with E-state index in [2.05, 4.69) is 5.32 Å². The monoisotopic (exact) mass is 369 g/mol. The molecule has 0 saturated carbocycles. The van der Waals surface area contributed by atoms with Crippen molar-refractivity contribution < 1.29 is 17.9 Å². The SMILES string of the molecule is COc1ccc(CNCc2ccc(S(C)(=O)=O)cc2)c(Cl)c1OC. The van der Waals surface area contributed by atoms with E-state index >= 15 is 0 Å². The van der Waals surface area contributed by atoms with Crippen LogP contribution in [-0.4, -0.2) is 28.9 Å². The second-order valence-corrected chi connectivity index (χ2v) is 7.69. The number of sulfone groups is 1. The summed E-state index contributed by atoms with van der Waals surface area (Å²) < 4.78 is 33.4. The van der Waals surface area contributed by atoms with Crippen LogP contribution < -0.4 is 14.8 Å². The molecule has 0 heterocycles. The summed E-state index contributed by atoms with van der Waals surface area (Å²) in [6.07, 6.45) is 1.19. The van der Waals surface area contributed by atoms with E-state index in [1.165, 1.54) is 6.26 Å². The molecule has 0 spiro atoms. The molecule has 0 radical (unpaired) electrons. The fraction of sp³-hybridized carbons (Fsp3) is 0.294. The summed E-state index contributed by atoms with van der Waals surface area (Å²) in [4.78, 5) is 0.314. The summed E-state index contributed by atoms with van der Waals surface area (Å²) >= 11 is 6.33. The van der Waals surface area contributed by atoms with E-state index in [4.69, 9.17) is 21.1 Å². The van der Waals surface area contributed by atoms with E-state index in [-0.39, 0.29) is 0 Å². The van der Waals surface area contributed by atoms with Gasteiger partial charge in [-0.15, -0.1) is 0 Å². The molecule has 0 amide bonds. The summed E-state index contributed by atoms with van der Waals surface area (Å²) in [5.74, 6) is 1.10. The number of ether oxygens (including phenoxy) is 2. The van der Waals surface area contributed by atoms with Crippen molar-refractivity contribution in [1.82, 2.24) is 5.32 Å². The fourth-order valence-corrected chi connectivity index (χ4v) is 3.19. The molecule has 0 saturated heterocycles. The van der Waals surface area contributed by atoms with Gasteiger partial charge in [-0.1, -0.05) is 29.8 Å².